The summed E-state index contributed by atoms with van der Waals surface area (Å²) in [6, 6.07) is 16.9. The summed E-state index contributed by atoms with van der Waals surface area (Å²) < 4.78 is 5.86. The van der Waals surface area contributed by atoms with Gasteiger partial charge in [0.25, 0.3) is 0 Å². The second-order valence-corrected chi connectivity index (χ2v) is 7.93. The summed E-state index contributed by atoms with van der Waals surface area (Å²) >= 11 is 12.7. The monoisotopic (exact) mass is 453 g/mol. The fourth-order valence-electron chi connectivity index (χ4n) is 2.53. The third kappa shape index (κ3) is 5.56. The van der Waals surface area contributed by atoms with Crippen molar-refractivity contribution in [3.63, 3.8) is 0 Å². The first-order chi connectivity index (χ1) is 14.7. The Bertz CT molecular complexity index is 1120. The Morgan fingerprint density at radius 1 is 1.00 bits per heavy atom. The molecule has 0 radical (unpaired) electrons. The quantitative estimate of drug-likeness (QED) is 0.296. The smallest absolute Gasteiger partial charge is 0.193 e. The van der Waals surface area contributed by atoms with Crippen LogP contribution in [0.15, 0.2) is 87.8 Å². The lowest BCUT2D eigenvalue weighted by molar-refractivity contribution is 0.516. The highest BCUT2D eigenvalue weighted by Gasteiger charge is 2.06. The van der Waals surface area contributed by atoms with Crippen LogP contribution in [-0.4, -0.2) is 20.1 Å². The lowest BCUT2D eigenvalue weighted by atomic mass is 10.2. The number of halogens is 1. The topological polar surface area (TPSA) is 75.9 Å². The lowest BCUT2D eigenvalue weighted by Gasteiger charge is -2.09. The number of benzene rings is 1. The van der Waals surface area contributed by atoms with E-state index in [1.54, 1.807) is 24.7 Å². The van der Waals surface area contributed by atoms with Crippen molar-refractivity contribution in [3.8, 4) is 11.3 Å². The van der Waals surface area contributed by atoms with E-state index < -0.39 is 0 Å². The van der Waals surface area contributed by atoms with E-state index in [1.165, 1.54) is 11.8 Å². The number of thiocarbonyl (C=S) groups is 1. The second-order valence-electron chi connectivity index (χ2n) is 6.10. The van der Waals surface area contributed by atoms with Gasteiger partial charge in [0.1, 0.15) is 16.5 Å². The van der Waals surface area contributed by atoms with E-state index >= 15 is 0 Å². The van der Waals surface area contributed by atoms with Gasteiger partial charge in [-0.2, -0.15) is 0 Å². The van der Waals surface area contributed by atoms with Crippen LogP contribution in [0.1, 0.15) is 5.76 Å². The van der Waals surface area contributed by atoms with Crippen molar-refractivity contribution < 1.29 is 4.42 Å². The van der Waals surface area contributed by atoms with Crippen LogP contribution < -0.4 is 10.6 Å². The third-order valence-corrected chi connectivity index (χ3v) is 5.29. The molecular formula is C21H16ClN5OS2. The van der Waals surface area contributed by atoms with E-state index in [-0.39, 0.29) is 0 Å². The Hall–Kier alpha value is -2.94. The van der Waals surface area contributed by atoms with Crippen molar-refractivity contribution >= 4 is 46.4 Å². The van der Waals surface area contributed by atoms with Gasteiger partial charge in [-0.3, -0.25) is 0 Å². The molecule has 0 aliphatic heterocycles. The normalized spacial score (nSPS) is 10.6. The largest absolute Gasteiger partial charge is 0.459 e. The highest BCUT2D eigenvalue weighted by molar-refractivity contribution is 7.99. The molecule has 0 aliphatic rings. The minimum absolute atomic E-state index is 0.464. The van der Waals surface area contributed by atoms with Crippen LogP contribution in [0.25, 0.3) is 11.3 Å². The van der Waals surface area contributed by atoms with E-state index in [4.69, 9.17) is 28.2 Å². The molecule has 4 aromatic rings. The summed E-state index contributed by atoms with van der Waals surface area (Å²) in [5.74, 6) is 1.55. The molecule has 0 bridgehead atoms. The van der Waals surface area contributed by atoms with Gasteiger partial charge in [0, 0.05) is 23.0 Å². The van der Waals surface area contributed by atoms with E-state index in [2.05, 4.69) is 25.6 Å². The van der Waals surface area contributed by atoms with Crippen molar-refractivity contribution in [2.75, 3.05) is 5.32 Å². The number of rotatable bonds is 6. The van der Waals surface area contributed by atoms with Gasteiger partial charge in [-0.1, -0.05) is 11.6 Å². The molecule has 6 nitrogen and oxygen atoms in total. The van der Waals surface area contributed by atoms with Crippen molar-refractivity contribution in [3.05, 3.63) is 84.0 Å². The SMILES string of the molecule is S=C(NCc1ccc(-c2ccc(Cl)cc2)o1)Nc1ccc(Sc2ncccn2)nc1. The van der Waals surface area contributed by atoms with Crippen molar-refractivity contribution in [1.29, 1.82) is 0 Å². The minimum atomic E-state index is 0.464. The highest BCUT2D eigenvalue weighted by Crippen LogP contribution is 2.24. The van der Waals surface area contributed by atoms with Crippen LogP contribution in [0.4, 0.5) is 5.69 Å². The van der Waals surface area contributed by atoms with E-state index in [1.807, 2.05) is 48.5 Å². The lowest BCUT2D eigenvalue weighted by Crippen LogP contribution is -2.27. The molecule has 30 heavy (non-hydrogen) atoms. The maximum Gasteiger partial charge on any atom is 0.193 e. The molecule has 3 aromatic heterocycles. The van der Waals surface area contributed by atoms with Crippen LogP contribution in [0.5, 0.6) is 0 Å². The Labute approximate surface area is 188 Å². The van der Waals surface area contributed by atoms with Gasteiger partial charge in [0.05, 0.1) is 18.4 Å². The molecule has 0 unspecified atom stereocenters. The molecule has 150 valence electrons. The fraction of sp³-hybridized carbons (Fsp3) is 0.0476. The average Bonchev–Trinajstić information content (AvgIpc) is 3.24. The molecule has 2 N–H and O–H groups in total. The van der Waals surface area contributed by atoms with Gasteiger partial charge < -0.3 is 15.1 Å². The van der Waals surface area contributed by atoms with Gasteiger partial charge in [-0.05, 0) is 78.6 Å². The summed E-state index contributed by atoms with van der Waals surface area (Å²) in [6.07, 6.45) is 5.12. The Kier molecular flexibility index (Phi) is 6.58. The molecular weight excluding hydrogens is 438 g/mol. The summed E-state index contributed by atoms with van der Waals surface area (Å²) in [5.41, 5.74) is 1.75. The summed E-state index contributed by atoms with van der Waals surface area (Å²) in [5, 5.41) is 8.86. The Morgan fingerprint density at radius 2 is 1.80 bits per heavy atom. The van der Waals surface area contributed by atoms with Gasteiger partial charge in [-0.25, -0.2) is 15.0 Å². The second kappa shape index (κ2) is 9.71. The summed E-state index contributed by atoms with van der Waals surface area (Å²) in [4.78, 5) is 12.7. The third-order valence-electron chi connectivity index (χ3n) is 3.95. The zero-order chi connectivity index (χ0) is 20.8. The maximum atomic E-state index is 5.93. The van der Waals surface area contributed by atoms with Crippen LogP contribution in [0.3, 0.4) is 0 Å². The number of pyridine rings is 1. The van der Waals surface area contributed by atoms with Crippen LogP contribution >= 0.6 is 35.6 Å². The molecule has 0 amide bonds. The Balaban J connectivity index is 1.28. The van der Waals surface area contributed by atoms with Crippen molar-refractivity contribution in [2.24, 2.45) is 0 Å². The first-order valence-corrected chi connectivity index (χ1v) is 10.6. The van der Waals surface area contributed by atoms with Gasteiger partial charge in [0.15, 0.2) is 10.3 Å². The number of hydrogen-bond donors (Lipinski definition) is 2. The molecule has 9 heteroatoms. The standard InChI is InChI=1S/C21H16ClN5OS2/c22-15-4-2-14(3-5-15)18-8-7-17(28-18)13-26-20(29)27-16-6-9-19(25-12-16)30-21-23-10-1-11-24-21/h1-12H,13H2,(H2,26,27,29). The molecule has 1 aromatic carbocycles. The average molecular weight is 454 g/mol. The van der Waals surface area contributed by atoms with E-state index in [0.29, 0.717) is 21.8 Å². The molecule has 0 aliphatic carbocycles. The first kappa shape index (κ1) is 20.3. The molecule has 0 atom stereocenters. The van der Waals surface area contributed by atoms with E-state index in [9.17, 15) is 0 Å². The van der Waals surface area contributed by atoms with Gasteiger partial charge in [0.2, 0.25) is 0 Å². The van der Waals surface area contributed by atoms with Gasteiger partial charge in [-0.15, -0.1) is 0 Å². The maximum absolute atomic E-state index is 5.93. The van der Waals surface area contributed by atoms with Gasteiger partial charge >= 0.3 is 0 Å². The zero-order valence-electron chi connectivity index (χ0n) is 15.6. The number of aromatic nitrogens is 3. The van der Waals surface area contributed by atoms with E-state index in [0.717, 1.165) is 27.8 Å². The number of anilines is 1. The highest BCUT2D eigenvalue weighted by atomic mass is 35.5. The molecule has 3 heterocycles. The molecule has 0 saturated heterocycles. The van der Waals surface area contributed by atoms with Crippen LogP contribution in [-0.2, 0) is 6.54 Å². The van der Waals surface area contributed by atoms with Crippen LogP contribution in [0.2, 0.25) is 5.02 Å². The number of nitrogens with zero attached hydrogens (tertiary/aromatic N) is 3. The molecule has 0 fully saturated rings. The molecule has 4 rings (SSSR count). The predicted molar refractivity (Wildman–Crippen MR) is 123 cm³/mol. The Morgan fingerprint density at radius 3 is 2.53 bits per heavy atom. The van der Waals surface area contributed by atoms with Crippen LogP contribution in [0, 0.1) is 0 Å². The molecule has 0 spiro atoms. The number of nitrogens with one attached hydrogen (secondary N) is 2. The predicted octanol–water partition coefficient (Wildman–Crippen LogP) is 5.42. The van der Waals surface area contributed by atoms with Crippen molar-refractivity contribution in [1.82, 2.24) is 20.3 Å². The minimum Gasteiger partial charge on any atom is -0.459 e. The first-order valence-electron chi connectivity index (χ1n) is 8.96. The summed E-state index contributed by atoms with van der Waals surface area (Å²) in [7, 11) is 0. The fourth-order valence-corrected chi connectivity index (χ4v) is 3.50. The summed E-state index contributed by atoms with van der Waals surface area (Å²) in [6.45, 7) is 0.464. The zero-order valence-corrected chi connectivity index (χ0v) is 18.0. The molecule has 0 saturated carbocycles. The van der Waals surface area contributed by atoms with Crippen molar-refractivity contribution in [2.45, 2.75) is 16.7 Å². The number of furan rings is 1. The number of hydrogen-bond acceptors (Lipinski definition) is 6.